The van der Waals surface area contributed by atoms with Crippen molar-refractivity contribution in [1.29, 1.82) is 0 Å². The highest BCUT2D eigenvalue weighted by Crippen LogP contribution is 2.39. The number of likely N-dealkylation sites (tertiary alicyclic amines) is 1. The zero-order valence-corrected chi connectivity index (χ0v) is 20.5. The maximum absolute atomic E-state index is 13.1. The molecule has 0 bridgehead atoms. The molecule has 5 rings (SSSR count). The molecule has 6 nitrogen and oxygen atoms in total. The third-order valence-corrected chi connectivity index (χ3v) is 8.88. The summed E-state index contributed by atoms with van der Waals surface area (Å²) in [6.07, 6.45) is 8.14. The number of aromatic nitrogens is 4. The Hall–Kier alpha value is -1.67. The monoisotopic (exact) mass is 457 g/mol. The highest BCUT2D eigenvalue weighted by atomic mass is 32.2. The molecule has 166 valence electrons. The third-order valence-electron chi connectivity index (χ3n) is 6.78. The molecule has 31 heavy (non-hydrogen) atoms. The maximum Gasteiger partial charge on any atom is 0.233 e. The number of thiophene rings is 1. The van der Waals surface area contributed by atoms with Crippen LogP contribution in [0.5, 0.6) is 0 Å². The quantitative estimate of drug-likeness (QED) is 0.503. The van der Waals surface area contributed by atoms with Crippen LogP contribution >= 0.6 is 23.1 Å². The van der Waals surface area contributed by atoms with Gasteiger partial charge in [-0.25, -0.2) is 4.98 Å². The highest BCUT2D eigenvalue weighted by molar-refractivity contribution is 7.99. The number of fused-ring (bicyclic) bond motifs is 5. The van der Waals surface area contributed by atoms with Crippen LogP contribution in [0.25, 0.3) is 15.9 Å². The lowest BCUT2D eigenvalue weighted by Gasteiger charge is -2.39. The lowest BCUT2D eigenvalue weighted by Crippen LogP contribution is -2.48. The minimum absolute atomic E-state index is 0.203. The second kappa shape index (κ2) is 8.35. The molecule has 0 radical (unpaired) electrons. The van der Waals surface area contributed by atoms with E-state index in [-0.39, 0.29) is 11.8 Å². The van der Waals surface area contributed by atoms with E-state index in [0.29, 0.717) is 17.8 Å². The number of nitrogens with zero attached hydrogens (tertiary/aromatic N) is 5. The van der Waals surface area contributed by atoms with Gasteiger partial charge in [0.1, 0.15) is 10.7 Å². The number of piperidine rings is 1. The van der Waals surface area contributed by atoms with E-state index < -0.39 is 0 Å². The van der Waals surface area contributed by atoms with Crippen molar-refractivity contribution in [2.24, 2.45) is 0 Å². The molecule has 4 heterocycles. The lowest BCUT2D eigenvalue weighted by molar-refractivity contribution is -0.134. The standard InChI is InChI=1S/C23H31N5OS2/c1-13(2)20-24-22-19(16-10-5-6-11-17(16)31-22)21-25-26-23(28(20)21)30-12-18(29)27-14(3)8-7-9-15(27)4/h13-15H,5-12H2,1-4H3. The van der Waals surface area contributed by atoms with Crippen molar-refractivity contribution in [3.05, 3.63) is 16.3 Å². The van der Waals surface area contributed by atoms with Crippen molar-refractivity contribution >= 4 is 44.9 Å². The molecule has 2 aliphatic rings. The van der Waals surface area contributed by atoms with Gasteiger partial charge in [-0.3, -0.25) is 9.20 Å². The van der Waals surface area contributed by atoms with Crippen molar-refractivity contribution in [3.8, 4) is 0 Å². The Morgan fingerprint density at radius 3 is 2.61 bits per heavy atom. The molecule has 3 aromatic heterocycles. The van der Waals surface area contributed by atoms with Crippen LogP contribution in [0.4, 0.5) is 0 Å². The smallest absolute Gasteiger partial charge is 0.233 e. The van der Waals surface area contributed by atoms with Crippen LogP contribution < -0.4 is 0 Å². The SMILES string of the molecule is CC(C)c1nc2sc3c(c2c2nnc(SCC(=O)N4C(C)CCCC4C)n12)CCCC3. The van der Waals surface area contributed by atoms with E-state index in [1.165, 1.54) is 46.9 Å². The predicted octanol–water partition coefficient (Wildman–Crippen LogP) is 5.22. The average Bonchev–Trinajstić information content (AvgIpc) is 3.32. The Morgan fingerprint density at radius 1 is 1.13 bits per heavy atom. The van der Waals surface area contributed by atoms with Gasteiger partial charge in [0, 0.05) is 22.9 Å². The van der Waals surface area contributed by atoms with Crippen molar-refractivity contribution in [1.82, 2.24) is 24.5 Å². The molecule has 0 aromatic carbocycles. The number of hydrogen-bond donors (Lipinski definition) is 0. The zero-order valence-electron chi connectivity index (χ0n) is 18.8. The molecule has 1 aliphatic heterocycles. The van der Waals surface area contributed by atoms with E-state index in [2.05, 4.69) is 47.2 Å². The second-order valence-corrected chi connectivity index (χ2v) is 11.4. The second-order valence-electron chi connectivity index (χ2n) is 9.38. The van der Waals surface area contributed by atoms with Crippen LogP contribution in [0.1, 0.15) is 82.0 Å². The highest BCUT2D eigenvalue weighted by Gasteiger charge is 2.30. The predicted molar refractivity (Wildman–Crippen MR) is 127 cm³/mol. The Labute approximate surface area is 191 Å². The fourth-order valence-corrected chi connectivity index (χ4v) is 7.32. The molecule has 8 heteroatoms. The van der Waals surface area contributed by atoms with E-state index in [1.807, 2.05) is 11.3 Å². The van der Waals surface area contributed by atoms with Crippen molar-refractivity contribution in [2.75, 3.05) is 5.75 Å². The van der Waals surface area contributed by atoms with Crippen LogP contribution in [0.2, 0.25) is 0 Å². The van der Waals surface area contributed by atoms with Gasteiger partial charge in [0.25, 0.3) is 0 Å². The summed E-state index contributed by atoms with van der Waals surface area (Å²) in [5, 5.41) is 11.1. The van der Waals surface area contributed by atoms with E-state index in [4.69, 9.17) is 4.98 Å². The van der Waals surface area contributed by atoms with E-state index >= 15 is 0 Å². The number of carbonyl (C=O) groups is 1. The molecular weight excluding hydrogens is 426 g/mol. The Kier molecular flexibility index (Phi) is 5.71. The van der Waals surface area contributed by atoms with Crippen molar-refractivity contribution in [2.45, 2.75) is 95.8 Å². The summed E-state index contributed by atoms with van der Waals surface area (Å²) in [7, 11) is 0. The summed E-state index contributed by atoms with van der Waals surface area (Å²) in [6, 6.07) is 0.633. The average molecular weight is 458 g/mol. The number of rotatable bonds is 4. The number of hydrogen-bond acceptors (Lipinski definition) is 6. The van der Waals surface area contributed by atoms with Gasteiger partial charge in [0.05, 0.1) is 11.1 Å². The first-order chi connectivity index (χ1) is 15.0. The fourth-order valence-electron chi connectivity index (χ4n) is 5.25. The van der Waals surface area contributed by atoms with Gasteiger partial charge >= 0.3 is 0 Å². The summed E-state index contributed by atoms with van der Waals surface area (Å²) >= 11 is 3.34. The first kappa shape index (κ1) is 21.2. The minimum Gasteiger partial charge on any atom is -0.337 e. The van der Waals surface area contributed by atoms with Gasteiger partial charge in [0.15, 0.2) is 10.8 Å². The normalized spacial score (nSPS) is 21.9. The van der Waals surface area contributed by atoms with Crippen molar-refractivity contribution in [3.63, 3.8) is 0 Å². The first-order valence-electron chi connectivity index (χ1n) is 11.6. The molecule has 0 spiro atoms. The molecule has 1 aliphatic carbocycles. The molecule has 2 atom stereocenters. The molecule has 1 amide bonds. The maximum atomic E-state index is 13.1. The number of amides is 1. The molecule has 0 N–H and O–H groups in total. The van der Waals surface area contributed by atoms with Gasteiger partial charge in [0.2, 0.25) is 5.91 Å². The Balaban J connectivity index is 1.51. The largest absolute Gasteiger partial charge is 0.337 e. The summed E-state index contributed by atoms with van der Waals surface area (Å²) in [4.78, 5) is 22.8. The molecule has 3 aromatic rings. The topological polar surface area (TPSA) is 63.4 Å². The van der Waals surface area contributed by atoms with E-state index in [9.17, 15) is 4.79 Å². The molecular formula is C23H31N5OS2. The summed E-state index contributed by atoms with van der Waals surface area (Å²) in [5.41, 5.74) is 2.35. The Bertz CT molecular complexity index is 1120. The third kappa shape index (κ3) is 3.65. The van der Waals surface area contributed by atoms with Gasteiger partial charge in [-0.05, 0) is 64.4 Å². The zero-order chi connectivity index (χ0) is 21.7. The number of aryl methyl sites for hydroxylation is 2. The van der Waals surface area contributed by atoms with Crippen LogP contribution in [0.15, 0.2) is 5.16 Å². The molecule has 1 saturated heterocycles. The van der Waals surface area contributed by atoms with Gasteiger partial charge in [-0.1, -0.05) is 25.6 Å². The van der Waals surface area contributed by atoms with E-state index in [0.717, 1.165) is 47.1 Å². The summed E-state index contributed by atoms with van der Waals surface area (Å²) < 4.78 is 2.12. The minimum atomic E-state index is 0.203. The van der Waals surface area contributed by atoms with Crippen LogP contribution in [0, 0.1) is 0 Å². The first-order valence-corrected chi connectivity index (χ1v) is 13.4. The number of thioether (sulfide) groups is 1. The summed E-state index contributed by atoms with van der Waals surface area (Å²) in [5.74, 6) is 1.83. The lowest BCUT2D eigenvalue weighted by atomic mass is 9.97. The van der Waals surface area contributed by atoms with Crippen LogP contribution in [0.3, 0.4) is 0 Å². The van der Waals surface area contributed by atoms with Gasteiger partial charge in [-0.15, -0.1) is 21.5 Å². The molecule has 2 unspecified atom stereocenters. The fraction of sp³-hybridized carbons (Fsp3) is 0.652. The number of carbonyl (C=O) groups excluding carboxylic acids is 1. The van der Waals surface area contributed by atoms with E-state index in [1.54, 1.807) is 0 Å². The molecule has 1 fully saturated rings. The van der Waals surface area contributed by atoms with Crippen LogP contribution in [-0.2, 0) is 17.6 Å². The van der Waals surface area contributed by atoms with Gasteiger partial charge in [-0.2, -0.15) is 0 Å². The van der Waals surface area contributed by atoms with Gasteiger partial charge < -0.3 is 4.90 Å². The van der Waals surface area contributed by atoms with Crippen LogP contribution in [-0.4, -0.2) is 48.2 Å². The van der Waals surface area contributed by atoms with Crippen molar-refractivity contribution < 1.29 is 4.79 Å². The summed E-state index contributed by atoms with van der Waals surface area (Å²) in [6.45, 7) is 8.67. The Morgan fingerprint density at radius 2 is 1.87 bits per heavy atom. The molecule has 0 saturated carbocycles.